The van der Waals surface area contributed by atoms with Gasteiger partial charge in [0.2, 0.25) is 0 Å². The van der Waals surface area contributed by atoms with E-state index in [-0.39, 0.29) is 34.4 Å². The van der Waals surface area contributed by atoms with E-state index in [0.717, 1.165) is 6.42 Å². The van der Waals surface area contributed by atoms with E-state index < -0.39 is 27.3 Å². The summed E-state index contributed by atoms with van der Waals surface area (Å²) in [5, 5.41) is 1.80. The molecule has 2 rings (SSSR count). The van der Waals surface area contributed by atoms with Crippen LogP contribution in [0.2, 0.25) is 10.0 Å². The van der Waals surface area contributed by atoms with Gasteiger partial charge in [0, 0.05) is 11.6 Å². The summed E-state index contributed by atoms with van der Waals surface area (Å²) in [5.74, 6) is -0.308. The standard InChI is InChI=1S/C16H19Cl2NO5S/c1-2-7-24-15-11(17)8-10(9-12(15)18)16(20)19-13-5-3-4-6-14(13)25(21,22)23/h2,8-9,13-14H,1,3-7H2,(H,19,20)(H,21,22,23)/p-1/t13-,14-/m0/s1. The summed E-state index contributed by atoms with van der Waals surface area (Å²) in [6, 6.07) is 2.04. The smallest absolute Gasteiger partial charge is 0.251 e. The molecule has 6 nitrogen and oxygen atoms in total. The summed E-state index contributed by atoms with van der Waals surface area (Å²) in [4.78, 5) is 12.4. The lowest BCUT2D eigenvalue weighted by molar-refractivity contribution is 0.0928. The number of benzene rings is 1. The van der Waals surface area contributed by atoms with E-state index in [0.29, 0.717) is 12.8 Å². The van der Waals surface area contributed by atoms with Crippen LogP contribution in [-0.4, -0.2) is 36.8 Å². The van der Waals surface area contributed by atoms with E-state index in [1.54, 1.807) is 0 Å². The molecule has 0 heterocycles. The van der Waals surface area contributed by atoms with E-state index >= 15 is 0 Å². The van der Waals surface area contributed by atoms with Gasteiger partial charge in [0.05, 0.1) is 25.4 Å². The van der Waals surface area contributed by atoms with Crippen molar-refractivity contribution in [1.82, 2.24) is 5.32 Å². The molecule has 1 aromatic carbocycles. The van der Waals surface area contributed by atoms with Gasteiger partial charge < -0.3 is 14.6 Å². The number of carbonyl (C=O) groups excluding carboxylic acids is 1. The first-order valence-corrected chi connectivity index (χ1v) is 9.95. The number of nitrogens with one attached hydrogen (secondary N) is 1. The molecule has 0 spiro atoms. The highest BCUT2D eigenvalue weighted by Gasteiger charge is 2.31. The summed E-state index contributed by atoms with van der Waals surface area (Å²) >= 11 is 12.2. The predicted octanol–water partition coefficient (Wildman–Crippen LogP) is 3.14. The van der Waals surface area contributed by atoms with Crippen LogP contribution in [0.25, 0.3) is 0 Å². The SMILES string of the molecule is C=CCOc1c(Cl)cc(C(=O)N[C@H]2CCCC[C@@H]2S(=O)(=O)[O-])cc1Cl. The highest BCUT2D eigenvalue weighted by Crippen LogP contribution is 2.34. The van der Waals surface area contributed by atoms with Crippen molar-refractivity contribution < 1.29 is 22.5 Å². The molecular weight excluding hydrogens is 389 g/mol. The van der Waals surface area contributed by atoms with Crippen molar-refractivity contribution in [3.05, 3.63) is 40.4 Å². The topological polar surface area (TPSA) is 95.5 Å². The van der Waals surface area contributed by atoms with E-state index in [4.69, 9.17) is 27.9 Å². The number of amides is 1. The fourth-order valence-corrected chi connectivity index (χ4v) is 4.49. The van der Waals surface area contributed by atoms with E-state index in [1.165, 1.54) is 18.2 Å². The van der Waals surface area contributed by atoms with E-state index in [9.17, 15) is 17.8 Å². The molecule has 1 amide bonds. The van der Waals surface area contributed by atoms with Crippen molar-refractivity contribution in [3.8, 4) is 5.75 Å². The maximum atomic E-state index is 12.4. The Kier molecular flexibility index (Phi) is 6.73. The van der Waals surface area contributed by atoms with Gasteiger partial charge in [-0.25, -0.2) is 8.42 Å². The third kappa shape index (κ3) is 5.10. The number of hydrogen-bond donors (Lipinski definition) is 1. The molecule has 0 aromatic heterocycles. The van der Waals surface area contributed by atoms with Crippen molar-refractivity contribution in [3.63, 3.8) is 0 Å². The van der Waals surface area contributed by atoms with E-state index in [1.807, 2.05) is 0 Å². The fraction of sp³-hybridized carbons (Fsp3) is 0.438. The predicted molar refractivity (Wildman–Crippen MR) is 95.4 cm³/mol. The van der Waals surface area contributed by atoms with Gasteiger partial charge in [0.25, 0.3) is 5.91 Å². The van der Waals surface area contributed by atoms with Crippen LogP contribution < -0.4 is 10.1 Å². The molecule has 2 atom stereocenters. The highest BCUT2D eigenvalue weighted by molar-refractivity contribution is 7.86. The second-order valence-corrected chi connectivity index (χ2v) is 8.17. The van der Waals surface area contributed by atoms with Crippen molar-refractivity contribution in [2.75, 3.05) is 6.61 Å². The molecule has 1 fully saturated rings. The number of carbonyl (C=O) groups is 1. The van der Waals surface area contributed by atoms with Gasteiger partial charge in [0.1, 0.15) is 6.61 Å². The van der Waals surface area contributed by atoms with Gasteiger partial charge in [0.15, 0.2) is 5.75 Å². The number of ether oxygens (including phenoxy) is 1. The number of rotatable bonds is 6. The highest BCUT2D eigenvalue weighted by atomic mass is 35.5. The van der Waals surface area contributed by atoms with Crippen molar-refractivity contribution >= 4 is 39.2 Å². The minimum atomic E-state index is -4.48. The van der Waals surface area contributed by atoms with Crippen molar-refractivity contribution in [2.24, 2.45) is 0 Å². The molecule has 1 aromatic rings. The molecule has 138 valence electrons. The molecule has 0 saturated heterocycles. The molecule has 0 radical (unpaired) electrons. The summed E-state index contributed by atoms with van der Waals surface area (Å²) in [6.07, 6.45) is 3.59. The molecule has 9 heteroatoms. The first-order chi connectivity index (χ1) is 11.7. The quantitative estimate of drug-likeness (QED) is 0.578. The van der Waals surface area contributed by atoms with Crippen LogP contribution in [0, 0.1) is 0 Å². The maximum Gasteiger partial charge on any atom is 0.251 e. The molecule has 0 bridgehead atoms. The third-order valence-electron chi connectivity index (χ3n) is 4.00. The van der Waals surface area contributed by atoms with Crippen LogP contribution in [-0.2, 0) is 10.1 Å². The molecule has 1 aliphatic carbocycles. The van der Waals surface area contributed by atoms with Crippen LogP contribution in [0.1, 0.15) is 36.0 Å². The lowest BCUT2D eigenvalue weighted by atomic mass is 9.94. The molecule has 0 aliphatic heterocycles. The normalized spacial score (nSPS) is 20.8. The summed E-state index contributed by atoms with van der Waals surface area (Å²) in [5.41, 5.74) is 0.161. The number of halogens is 2. The minimum Gasteiger partial charge on any atom is -0.748 e. The Balaban J connectivity index is 2.18. The van der Waals surface area contributed by atoms with Gasteiger partial charge in [-0.1, -0.05) is 48.7 Å². The number of hydrogen-bond acceptors (Lipinski definition) is 5. The lowest BCUT2D eigenvalue weighted by Crippen LogP contribution is -2.48. The van der Waals surface area contributed by atoms with E-state index in [2.05, 4.69) is 11.9 Å². The lowest BCUT2D eigenvalue weighted by Gasteiger charge is -2.33. The van der Waals surface area contributed by atoms with Gasteiger partial charge in [-0.3, -0.25) is 4.79 Å². The Hall–Kier alpha value is -1.28. The zero-order chi connectivity index (χ0) is 18.6. The summed E-state index contributed by atoms with van der Waals surface area (Å²) < 4.78 is 39.5. The Morgan fingerprint density at radius 2 is 1.92 bits per heavy atom. The molecule has 1 N–H and O–H groups in total. The van der Waals surface area contributed by atoms with Crippen LogP contribution >= 0.6 is 23.2 Å². The average molecular weight is 407 g/mol. The molecule has 1 saturated carbocycles. The first-order valence-electron chi connectivity index (χ1n) is 7.72. The summed E-state index contributed by atoms with van der Waals surface area (Å²) in [6.45, 7) is 3.73. The zero-order valence-corrected chi connectivity index (χ0v) is 15.7. The van der Waals surface area contributed by atoms with Gasteiger partial charge in [-0.05, 0) is 25.0 Å². The third-order valence-corrected chi connectivity index (χ3v) is 5.86. The van der Waals surface area contributed by atoms with Crippen LogP contribution in [0.3, 0.4) is 0 Å². The average Bonchev–Trinajstić information content (AvgIpc) is 2.53. The fourth-order valence-electron chi connectivity index (χ4n) is 2.83. The van der Waals surface area contributed by atoms with Crippen LogP contribution in [0.4, 0.5) is 0 Å². The van der Waals surface area contributed by atoms with Crippen molar-refractivity contribution in [2.45, 2.75) is 37.0 Å². The zero-order valence-electron chi connectivity index (χ0n) is 13.3. The van der Waals surface area contributed by atoms with Gasteiger partial charge in [-0.2, -0.15) is 0 Å². The molecule has 25 heavy (non-hydrogen) atoms. The Morgan fingerprint density at radius 1 is 1.32 bits per heavy atom. The molecule has 1 aliphatic rings. The molecular formula is C16H18Cl2NO5S-. The summed E-state index contributed by atoms with van der Waals surface area (Å²) in [7, 11) is -4.48. The molecule has 0 unspecified atom stereocenters. The first kappa shape index (κ1) is 20.0. The van der Waals surface area contributed by atoms with Crippen LogP contribution in [0.5, 0.6) is 5.75 Å². The monoisotopic (exact) mass is 406 g/mol. The second kappa shape index (κ2) is 8.40. The Bertz CT molecular complexity index is 743. The van der Waals surface area contributed by atoms with Gasteiger partial charge >= 0.3 is 0 Å². The second-order valence-electron chi connectivity index (χ2n) is 5.76. The van der Waals surface area contributed by atoms with Crippen LogP contribution in [0.15, 0.2) is 24.8 Å². The Morgan fingerprint density at radius 3 is 2.48 bits per heavy atom. The Labute approximate surface area is 156 Å². The minimum absolute atomic E-state index is 0.149. The van der Waals surface area contributed by atoms with Crippen molar-refractivity contribution in [1.29, 1.82) is 0 Å². The maximum absolute atomic E-state index is 12.4. The van der Waals surface area contributed by atoms with Gasteiger partial charge in [-0.15, -0.1) is 0 Å². The largest absolute Gasteiger partial charge is 0.748 e.